The molecule has 0 saturated carbocycles. The monoisotopic (exact) mass is 499 g/mol. The molecule has 1 N–H and O–H groups in total. The number of benzene rings is 2. The predicted octanol–water partition coefficient (Wildman–Crippen LogP) is 3.82. The van der Waals surface area contributed by atoms with Gasteiger partial charge in [-0.3, -0.25) is 4.79 Å². The van der Waals surface area contributed by atoms with Crippen molar-refractivity contribution in [3.63, 3.8) is 0 Å². The minimum atomic E-state index is -0.373. The first-order chi connectivity index (χ1) is 18.0. The molecule has 1 aliphatic heterocycles. The number of aromatic nitrogens is 6. The fraction of sp³-hybridized carbons (Fsp3) is 0.192. The van der Waals surface area contributed by atoms with E-state index in [1.54, 1.807) is 48.2 Å². The van der Waals surface area contributed by atoms with Crippen LogP contribution < -0.4 is 14.8 Å². The summed E-state index contributed by atoms with van der Waals surface area (Å²) in [6.45, 7) is 1.89. The van der Waals surface area contributed by atoms with Crippen molar-refractivity contribution < 1.29 is 18.7 Å². The van der Waals surface area contributed by atoms with Gasteiger partial charge >= 0.3 is 0 Å². The van der Waals surface area contributed by atoms with Crippen LogP contribution in [0.5, 0.6) is 11.5 Å². The number of halogens is 1. The van der Waals surface area contributed by atoms with Gasteiger partial charge in [0, 0.05) is 29.0 Å². The second-order valence-electron chi connectivity index (χ2n) is 8.65. The molecule has 0 radical (unpaired) electrons. The summed E-state index contributed by atoms with van der Waals surface area (Å²) in [6.07, 6.45) is 1.68. The lowest BCUT2D eigenvalue weighted by Crippen LogP contribution is -2.25. The molecule has 1 unspecified atom stereocenters. The number of ether oxygens (including phenoxy) is 2. The summed E-state index contributed by atoms with van der Waals surface area (Å²) in [5.41, 5.74) is 3.33. The molecule has 37 heavy (non-hydrogen) atoms. The molecule has 10 nitrogen and oxygen atoms in total. The Hall–Kier alpha value is -4.80. The van der Waals surface area contributed by atoms with Gasteiger partial charge < -0.3 is 14.8 Å². The van der Waals surface area contributed by atoms with Gasteiger partial charge in [0.05, 0.1) is 12.8 Å². The standard InChI is InChI=1S/C26H22FN7O3/c1-15-24-18(17-7-5-9-20(36-2)25(17)37-13-16-6-3-4-8-19(16)27)12-23(35)29-26(24)34(31-15)22-11-10-21-30-28-14-33(21)32-22/h3-11,14,18H,12-13H2,1-2H3,(H,29,35). The zero-order valence-electron chi connectivity index (χ0n) is 20.1. The molecule has 11 heteroatoms. The molecule has 1 aliphatic rings. The average Bonchev–Trinajstić information content (AvgIpc) is 3.51. The number of methoxy groups -OCH3 is 1. The van der Waals surface area contributed by atoms with Gasteiger partial charge in [0.2, 0.25) is 5.91 Å². The van der Waals surface area contributed by atoms with Crippen LogP contribution in [-0.4, -0.2) is 42.6 Å². The molecule has 6 rings (SSSR count). The summed E-state index contributed by atoms with van der Waals surface area (Å²) < 4.78 is 29.2. The Morgan fingerprint density at radius 2 is 1.97 bits per heavy atom. The van der Waals surface area contributed by atoms with Crippen LogP contribution in [-0.2, 0) is 11.4 Å². The van der Waals surface area contributed by atoms with E-state index in [-0.39, 0.29) is 30.7 Å². The highest BCUT2D eigenvalue weighted by Crippen LogP contribution is 2.46. The number of carbonyl (C=O) groups excluding carboxylic acids is 1. The van der Waals surface area contributed by atoms with E-state index < -0.39 is 0 Å². The predicted molar refractivity (Wildman–Crippen MR) is 131 cm³/mol. The van der Waals surface area contributed by atoms with Gasteiger partial charge in [0.1, 0.15) is 24.6 Å². The van der Waals surface area contributed by atoms with Crippen LogP contribution in [0.1, 0.15) is 34.7 Å². The highest BCUT2D eigenvalue weighted by Gasteiger charge is 2.35. The Labute approximate surface area is 210 Å². The SMILES string of the molecule is COc1cccc(C2CC(=O)Nc3c2c(C)nn3-c2ccc3nncn3n2)c1OCc1ccccc1F. The largest absolute Gasteiger partial charge is 0.493 e. The Balaban J connectivity index is 1.44. The number of hydrogen-bond acceptors (Lipinski definition) is 7. The van der Waals surface area contributed by atoms with Gasteiger partial charge in [-0.15, -0.1) is 15.3 Å². The van der Waals surface area contributed by atoms with Gasteiger partial charge in [0.25, 0.3) is 0 Å². The number of anilines is 1. The van der Waals surface area contributed by atoms with Gasteiger partial charge in [-0.05, 0) is 31.2 Å². The van der Waals surface area contributed by atoms with Crippen molar-refractivity contribution in [2.75, 3.05) is 12.4 Å². The average molecular weight is 500 g/mol. The first-order valence-electron chi connectivity index (χ1n) is 11.6. The van der Waals surface area contributed by atoms with E-state index in [9.17, 15) is 9.18 Å². The number of aryl methyl sites for hydroxylation is 1. The molecule has 0 fully saturated rings. The molecule has 1 amide bonds. The molecule has 4 heterocycles. The van der Waals surface area contributed by atoms with Crippen LogP contribution in [0.25, 0.3) is 11.5 Å². The highest BCUT2D eigenvalue weighted by atomic mass is 19.1. The van der Waals surface area contributed by atoms with E-state index in [1.165, 1.54) is 16.9 Å². The van der Waals surface area contributed by atoms with Gasteiger partial charge in [0.15, 0.2) is 23.0 Å². The van der Waals surface area contributed by atoms with Crippen molar-refractivity contribution in [3.05, 3.63) is 89.1 Å². The number of para-hydroxylation sites is 1. The maximum atomic E-state index is 14.3. The maximum absolute atomic E-state index is 14.3. The van der Waals surface area contributed by atoms with E-state index in [4.69, 9.17) is 14.6 Å². The van der Waals surface area contributed by atoms with E-state index in [1.807, 2.05) is 19.1 Å². The Morgan fingerprint density at radius 3 is 2.81 bits per heavy atom. The van der Waals surface area contributed by atoms with Crippen LogP contribution in [0.4, 0.5) is 10.2 Å². The highest BCUT2D eigenvalue weighted by molar-refractivity contribution is 5.95. The fourth-order valence-corrected chi connectivity index (χ4v) is 4.70. The van der Waals surface area contributed by atoms with Crippen molar-refractivity contribution in [1.29, 1.82) is 0 Å². The third-order valence-electron chi connectivity index (χ3n) is 6.40. The summed E-state index contributed by atoms with van der Waals surface area (Å²) in [7, 11) is 1.55. The van der Waals surface area contributed by atoms with E-state index >= 15 is 0 Å². The van der Waals surface area contributed by atoms with Crippen molar-refractivity contribution in [1.82, 2.24) is 29.6 Å². The molecule has 5 aromatic rings. The second kappa shape index (κ2) is 9.01. The summed E-state index contributed by atoms with van der Waals surface area (Å²) >= 11 is 0. The zero-order valence-corrected chi connectivity index (χ0v) is 20.1. The van der Waals surface area contributed by atoms with Crippen molar-refractivity contribution in [2.24, 2.45) is 0 Å². The van der Waals surface area contributed by atoms with Crippen LogP contribution in [0.3, 0.4) is 0 Å². The van der Waals surface area contributed by atoms with E-state index in [2.05, 4.69) is 20.6 Å². The first kappa shape index (κ1) is 22.7. The Kier molecular flexibility index (Phi) is 5.52. The molecule has 1 atom stereocenters. The topological polar surface area (TPSA) is 108 Å². The lowest BCUT2D eigenvalue weighted by atomic mass is 9.85. The number of nitrogens with one attached hydrogen (secondary N) is 1. The smallest absolute Gasteiger partial charge is 0.226 e. The summed E-state index contributed by atoms with van der Waals surface area (Å²) in [4.78, 5) is 12.9. The number of carbonyl (C=O) groups is 1. The number of amides is 1. The van der Waals surface area contributed by atoms with Crippen LogP contribution in [0.15, 0.2) is 60.9 Å². The molecule has 186 valence electrons. The minimum Gasteiger partial charge on any atom is -0.493 e. The van der Waals surface area contributed by atoms with Gasteiger partial charge in [-0.1, -0.05) is 30.3 Å². The molecule has 0 saturated heterocycles. The number of fused-ring (bicyclic) bond motifs is 2. The van der Waals surface area contributed by atoms with E-state index in [0.717, 1.165) is 16.8 Å². The van der Waals surface area contributed by atoms with Crippen LogP contribution >= 0.6 is 0 Å². The fourth-order valence-electron chi connectivity index (χ4n) is 4.70. The van der Waals surface area contributed by atoms with Crippen molar-refractivity contribution >= 4 is 17.4 Å². The number of rotatable bonds is 6. The number of hydrogen-bond donors (Lipinski definition) is 1. The molecule has 3 aromatic heterocycles. The van der Waals surface area contributed by atoms with Crippen LogP contribution in [0.2, 0.25) is 0 Å². The Bertz CT molecular complexity index is 1640. The van der Waals surface area contributed by atoms with Crippen LogP contribution in [0, 0.1) is 12.7 Å². The first-order valence-corrected chi connectivity index (χ1v) is 11.6. The normalized spacial score (nSPS) is 14.9. The molecular weight excluding hydrogens is 477 g/mol. The van der Waals surface area contributed by atoms with Crippen molar-refractivity contribution in [3.8, 4) is 17.3 Å². The van der Waals surface area contributed by atoms with Gasteiger partial charge in [-0.2, -0.15) is 14.3 Å². The third-order valence-corrected chi connectivity index (χ3v) is 6.40. The summed E-state index contributed by atoms with van der Waals surface area (Å²) in [5.74, 6) is 1.07. The molecular formula is C26H22FN7O3. The lowest BCUT2D eigenvalue weighted by molar-refractivity contribution is -0.116. The minimum absolute atomic E-state index is 0.00688. The maximum Gasteiger partial charge on any atom is 0.226 e. The molecule has 0 bridgehead atoms. The third kappa shape index (κ3) is 3.94. The molecule has 2 aromatic carbocycles. The quantitative estimate of drug-likeness (QED) is 0.378. The van der Waals surface area contributed by atoms with E-state index in [0.29, 0.717) is 34.3 Å². The summed E-state index contributed by atoms with van der Waals surface area (Å²) in [6, 6.07) is 15.5. The molecule has 0 spiro atoms. The van der Waals surface area contributed by atoms with Crippen molar-refractivity contribution in [2.45, 2.75) is 25.9 Å². The lowest BCUT2D eigenvalue weighted by Gasteiger charge is -2.26. The summed E-state index contributed by atoms with van der Waals surface area (Å²) in [5, 5.41) is 20.0. The zero-order chi connectivity index (χ0) is 25.5. The molecule has 0 aliphatic carbocycles. The Morgan fingerprint density at radius 1 is 1.11 bits per heavy atom. The number of nitrogens with zero attached hydrogens (tertiary/aromatic N) is 6. The second-order valence-corrected chi connectivity index (χ2v) is 8.65. The van der Waals surface area contributed by atoms with Gasteiger partial charge in [-0.25, -0.2) is 4.39 Å².